The molecule has 2 rings (SSSR count). The lowest BCUT2D eigenvalue weighted by Crippen LogP contribution is -2.51. The predicted octanol–water partition coefficient (Wildman–Crippen LogP) is 1.78. The van der Waals surface area contributed by atoms with Gasteiger partial charge in [-0.1, -0.05) is 13.8 Å². The second-order valence-corrected chi connectivity index (χ2v) is 5.53. The fourth-order valence-electron chi connectivity index (χ4n) is 2.63. The van der Waals surface area contributed by atoms with Gasteiger partial charge in [0.1, 0.15) is 0 Å². The van der Waals surface area contributed by atoms with Crippen molar-refractivity contribution in [1.29, 1.82) is 0 Å². The number of likely N-dealkylation sites (tertiary alicyclic amines) is 1. The Morgan fingerprint density at radius 2 is 2.06 bits per heavy atom. The lowest BCUT2D eigenvalue weighted by Gasteiger charge is -2.37. The zero-order chi connectivity index (χ0) is 11.5. The van der Waals surface area contributed by atoms with Gasteiger partial charge in [-0.15, -0.1) is 0 Å². The highest BCUT2D eigenvalue weighted by Gasteiger charge is 2.31. The smallest absolute Gasteiger partial charge is 0.222 e. The summed E-state index contributed by atoms with van der Waals surface area (Å²) in [7, 11) is 0. The molecular weight excluding hydrogens is 200 g/mol. The molecule has 2 atom stereocenters. The largest absolute Gasteiger partial charge is 0.341 e. The van der Waals surface area contributed by atoms with Crippen LogP contribution >= 0.6 is 0 Å². The molecule has 2 unspecified atom stereocenters. The molecule has 0 bridgehead atoms. The number of nitrogens with one attached hydrogen (secondary N) is 1. The molecule has 0 spiro atoms. The van der Waals surface area contributed by atoms with E-state index in [1.807, 2.05) is 0 Å². The standard InChI is InChI=1S/C13H24N2O/c1-3-4-13(16)15-8-10(2)7-12(9-15)14-11-5-6-11/h10-12,14H,3-9H2,1-2H3. The van der Waals surface area contributed by atoms with Crippen molar-refractivity contribution in [2.24, 2.45) is 5.92 Å². The van der Waals surface area contributed by atoms with E-state index in [1.165, 1.54) is 19.3 Å². The van der Waals surface area contributed by atoms with Gasteiger partial charge in [0.05, 0.1) is 0 Å². The van der Waals surface area contributed by atoms with E-state index >= 15 is 0 Å². The number of nitrogens with zero attached hydrogens (tertiary/aromatic N) is 1. The topological polar surface area (TPSA) is 32.3 Å². The van der Waals surface area contributed by atoms with Crippen molar-refractivity contribution in [3.05, 3.63) is 0 Å². The Balaban J connectivity index is 1.85. The van der Waals surface area contributed by atoms with Crippen LogP contribution in [0.4, 0.5) is 0 Å². The van der Waals surface area contributed by atoms with Crippen LogP contribution in [0, 0.1) is 5.92 Å². The van der Waals surface area contributed by atoms with Gasteiger partial charge in [0, 0.05) is 31.6 Å². The molecule has 16 heavy (non-hydrogen) atoms. The minimum absolute atomic E-state index is 0.344. The maximum atomic E-state index is 11.9. The Kier molecular flexibility index (Phi) is 3.85. The summed E-state index contributed by atoms with van der Waals surface area (Å²) < 4.78 is 0. The molecular formula is C13H24N2O. The van der Waals surface area contributed by atoms with Crippen molar-refractivity contribution in [1.82, 2.24) is 10.2 Å². The van der Waals surface area contributed by atoms with Crippen molar-refractivity contribution in [3.8, 4) is 0 Å². The van der Waals surface area contributed by atoms with E-state index in [0.717, 1.165) is 25.6 Å². The van der Waals surface area contributed by atoms with Crippen LogP contribution in [0.2, 0.25) is 0 Å². The molecule has 1 aliphatic carbocycles. The Bertz CT molecular complexity index is 248. The van der Waals surface area contributed by atoms with Gasteiger partial charge in [0.25, 0.3) is 0 Å². The van der Waals surface area contributed by atoms with Crippen molar-refractivity contribution < 1.29 is 4.79 Å². The first kappa shape index (κ1) is 11.9. The third-order valence-electron chi connectivity index (χ3n) is 3.53. The molecule has 2 aliphatic rings. The molecule has 2 fully saturated rings. The van der Waals surface area contributed by atoms with Crippen LogP contribution in [0.25, 0.3) is 0 Å². The Morgan fingerprint density at radius 1 is 1.31 bits per heavy atom. The summed E-state index contributed by atoms with van der Waals surface area (Å²) in [5, 5.41) is 3.66. The third-order valence-corrected chi connectivity index (χ3v) is 3.53. The normalized spacial score (nSPS) is 30.5. The summed E-state index contributed by atoms with van der Waals surface area (Å²) in [5.74, 6) is 0.988. The van der Waals surface area contributed by atoms with Crippen LogP contribution in [-0.4, -0.2) is 36.0 Å². The van der Waals surface area contributed by atoms with Crippen molar-refractivity contribution >= 4 is 5.91 Å². The molecule has 0 aromatic carbocycles. The number of hydrogen-bond donors (Lipinski definition) is 1. The molecule has 0 aromatic rings. The summed E-state index contributed by atoms with van der Waals surface area (Å²) in [6, 6.07) is 1.29. The lowest BCUT2D eigenvalue weighted by molar-refractivity contribution is -0.133. The third kappa shape index (κ3) is 3.21. The predicted molar refractivity (Wildman–Crippen MR) is 65.2 cm³/mol. The van der Waals surface area contributed by atoms with Gasteiger partial charge in [-0.05, 0) is 31.6 Å². The fraction of sp³-hybridized carbons (Fsp3) is 0.923. The molecule has 92 valence electrons. The minimum Gasteiger partial charge on any atom is -0.341 e. The molecule has 1 saturated carbocycles. The van der Waals surface area contributed by atoms with Crippen molar-refractivity contribution in [2.45, 2.75) is 58.0 Å². The van der Waals surface area contributed by atoms with Crippen molar-refractivity contribution in [2.75, 3.05) is 13.1 Å². The van der Waals surface area contributed by atoms with Gasteiger partial charge in [-0.25, -0.2) is 0 Å². The SMILES string of the molecule is CCCC(=O)N1CC(C)CC(NC2CC2)C1. The Hall–Kier alpha value is -0.570. The molecule has 1 N–H and O–H groups in total. The lowest BCUT2D eigenvalue weighted by atomic mass is 9.95. The molecule has 1 aliphatic heterocycles. The molecule has 1 saturated heterocycles. The number of amides is 1. The molecule has 3 nitrogen and oxygen atoms in total. The molecule has 0 aromatic heterocycles. The van der Waals surface area contributed by atoms with Crippen LogP contribution in [0.3, 0.4) is 0 Å². The second-order valence-electron chi connectivity index (χ2n) is 5.53. The summed E-state index contributed by atoms with van der Waals surface area (Å²) in [4.78, 5) is 14.0. The van der Waals surface area contributed by atoms with Crippen molar-refractivity contribution in [3.63, 3.8) is 0 Å². The van der Waals surface area contributed by atoms with Gasteiger partial charge in [-0.2, -0.15) is 0 Å². The highest BCUT2D eigenvalue weighted by Crippen LogP contribution is 2.24. The molecule has 0 radical (unpaired) electrons. The second kappa shape index (κ2) is 5.17. The van der Waals surface area contributed by atoms with Gasteiger partial charge < -0.3 is 10.2 Å². The van der Waals surface area contributed by atoms with E-state index in [9.17, 15) is 4.79 Å². The summed E-state index contributed by atoms with van der Waals surface area (Å²) >= 11 is 0. The van der Waals surface area contributed by atoms with Gasteiger partial charge in [0.2, 0.25) is 5.91 Å². The number of hydrogen-bond acceptors (Lipinski definition) is 2. The maximum absolute atomic E-state index is 11.9. The highest BCUT2D eigenvalue weighted by atomic mass is 16.2. The molecule has 1 heterocycles. The number of carbonyl (C=O) groups excluding carboxylic acids is 1. The van der Waals surface area contributed by atoms with E-state index in [0.29, 0.717) is 24.3 Å². The van der Waals surface area contributed by atoms with Gasteiger partial charge >= 0.3 is 0 Å². The zero-order valence-corrected chi connectivity index (χ0v) is 10.5. The minimum atomic E-state index is 0.344. The van der Waals surface area contributed by atoms with Crippen LogP contribution in [0.15, 0.2) is 0 Å². The Labute approximate surface area is 98.6 Å². The highest BCUT2D eigenvalue weighted by molar-refractivity contribution is 5.76. The van der Waals surface area contributed by atoms with E-state index in [1.54, 1.807) is 0 Å². The quantitative estimate of drug-likeness (QED) is 0.789. The summed E-state index contributed by atoms with van der Waals surface area (Å²) in [6.45, 7) is 6.22. The van der Waals surface area contributed by atoms with Crippen LogP contribution in [-0.2, 0) is 4.79 Å². The first-order valence-corrected chi connectivity index (χ1v) is 6.73. The summed E-state index contributed by atoms with van der Waals surface area (Å²) in [6.07, 6.45) is 5.56. The summed E-state index contributed by atoms with van der Waals surface area (Å²) in [5.41, 5.74) is 0. The first-order valence-electron chi connectivity index (χ1n) is 6.73. The average Bonchev–Trinajstić information content (AvgIpc) is 3.01. The average molecular weight is 224 g/mol. The fourth-order valence-corrected chi connectivity index (χ4v) is 2.63. The Morgan fingerprint density at radius 3 is 2.69 bits per heavy atom. The van der Waals surface area contributed by atoms with Gasteiger partial charge in [-0.3, -0.25) is 4.79 Å². The number of carbonyl (C=O) groups is 1. The monoisotopic (exact) mass is 224 g/mol. The molecule has 3 heteroatoms. The van der Waals surface area contributed by atoms with Crippen LogP contribution in [0.5, 0.6) is 0 Å². The van der Waals surface area contributed by atoms with E-state index in [4.69, 9.17) is 0 Å². The number of piperidine rings is 1. The first-order chi connectivity index (χ1) is 7.69. The molecule has 1 amide bonds. The maximum Gasteiger partial charge on any atom is 0.222 e. The number of rotatable bonds is 4. The van der Waals surface area contributed by atoms with Crippen LogP contribution < -0.4 is 5.32 Å². The zero-order valence-electron chi connectivity index (χ0n) is 10.5. The van der Waals surface area contributed by atoms with E-state index < -0.39 is 0 Å². The van der Waals surface area contributed by atoms with Crippen LogP contribution in [0.1, 0.15) is 46.0 Å². The van der Waals surface area contributed by atoms with Gasteiger partial charge in [0.15, 0.2) is 0 Å². The van der Waals surface area contributed by atoms with E-state index in [2.05, 4.69) is 24.1 Å². The van der Waals surface area contributed by atoms with E-state index in [-0.39, 0.29) is 0 Å².